The molecule has 0 aliphatic heterocycles. The molecule has 0 fully saturated rings. The van der Waals surface area contributed by atoms with Gasteiger partial charge in [0.25, 0.3) is 0 Å². The molecule has 0 saturated carbocycles. The first-order valence-electron chi connectivity index (χ1n) is 8.70. The Balaban J connectivity index is 1.77. The van der Waals surface area contributed by atoms with E-state index < -0.39 is 39.9 Å². The topological polar surface area (TPSA) is 104 Å². The summed E-state index contributed by atoms with van der Waals surface area (Å²) in [5.41, 5.74) is 0.730. The van der Waals surface area contributed by atoms with Crippen molar-refractivity contribution in [1.29, 1.82) is 0 Å². The molecule has 0 amide bonds. The maximum Gasteiger partial charge on any atom is 0.416 e. The lowest BCUT2D eigenvalue weighted by atomic mass is 9.84. The molecule has 2 aromatic carbocycles. The zero-order chi connectivity index (χ0) is 21.4. The maximum absolute atomic E-state index is 12.6. The van der Waals surface area contributed by atoms with Crippen LogP contribution < -0.4 is 4.72 Å². The van der Waals surface area contributed by atoms with Crippen molar-refractivity contribution < 1.29 is 36.6 Å². The van der Waals surface area contributed by atoms with Gasteiger partial charge in [-0.05, 0) is 60.2 Å². The van der Waals surface area contributed by atoms with Crippen LogP contribution in [0.25, 0.3) is 0 Å². The van der Waals surface area contributed by atoms with Gasteiger partial charge in [0.2, 0.25) is 10.0 Å². The number of hydrogen-bond acceptors (Lipinski definition) is 4. The van der Waals surface area contributed by atoms with Gasteiger partial charge < -0.3 is 10.2 Å². The lowest BCUT2D eigenvalue weighted by Gasteiger charge is -2.27. The second kappa shape index (κ2) is 7.77. The first kappa shape index (κ1) is 21.3. The quantitative estimate of drug-likeness (QED) is 0.678. The van der Waals surface area contributed by atoms with Crippen LogP contribution in [0.4, 0.5) is 13.2 Å². The molecule has 3 rings (SSSR count). The molecule has 3 N–H and O–H groups in total. The lowest BCUT2D eigenvalue weighted by molar-refractivity contribution is -0.147. The van der Waals surface area contributed by atoms with E-state index >= 15 is 0 Å². The van der Waals surface area contributed by atoms with Crippen molar-refractivity contribution in [2.75, 3.05) is 0 Å². The fourth-order valence-corrected chi connectivity index (χ4v) is 4.71. The van der Waals surface area contributed by atoms with E-state index in [-0.39, 0.29) is 16.9 Å². The van der Waals surface area contributed by atoms with Gasteiger partial charge in [0, 0.05) is 6.04 Å². The van der Waals surface area contributed by atoms with Crippen LogP contribution in [0.3, 0.4) is 0 Å². The van der Waals surface area contributed by atoms with E-state index in [9.17, 15) is 31.5 Å². The highest BCUT2D eigenvalue weighted by molar-refractivity contribution is 7.89. The molecule has 1 aliphatic carbocycles. The third-order valence-electron chi connectivity index (χ3n) is 4.86. The van der Waals surface area contributed by atoms with E-state index in [1.165, 1.54) is 6.07 Å². The predicted molar refractivity (Wildman–Crippen MR) is 96.6 cm³/mol. The van der Waals surface area contributed by atoms with Gasteiger partial charge in [0.1, 0.15) is 0 Å². The van der Waals surface area contributed by atoms with Gasteiger partial charge in [0.15, 0.2) is 6.10 Å². The summed E-state index contributed by atoms with van der Waals surface area (Å²) in [6.45, 7) is 0. The normalized spacial score (nSPS) is 18.1. The zero-order valence-electron chi connectivity index (χ0n) is 15.0. The van der Waals surface area contributed by atoms with Crippen LogP contribution in [0.15, 0.2) is 47.4 Å². The lowest BCUT2D eigenvalue weighted by Crippen LogP contribution is -2.39. The van der Waals surface area contributed by atoms with Gasteiger partial charge in [-0.3, -0.25) is 0 Å². The highest BCUT2D eigenvalue weighted by Crippen LogP contribution is 2.31. The summed E-state index contributed by atoms with van der Waals surface area (Å²) in [4.78, 5) is 10.8. The third kappa shape index (κ3) is 4.60. The Kier molecular flexibility index (Phi) is 5.70. The molecule has 0 radical (unpaired) electrons. The summed E-state index contributed by atoms with van der Waals surface area (Å²) < 4.78 is 65.5. The molecule has 156 valence electrons. The average Bonchev–Trinajstić information content (AvgIpc) is 2.65. The van der Waals surface area contributed by atoms with Crippen molar-refractivity contribution in [3.8, 4) is 0 Å². The van der Waals surface area contributed by atoms with Crippen molar-refractivity contribution in [2.45, 2.75) is 42.5 Å². The van der Waals surface area contributed by atoms with E-state index in [1.54, 1.807) is 12.1 Å². The molecule has 2 atom stereocenters. The van der Waals surface area contributed by atoms with E-state index in [1.807, 2.05) is 0 Å². The van der Waals surface area contributed by atoms with Crippen LogP contribution in [-0.4, -0.2) is 30.6 Å². The first-order chi connectivity index (χ1) is 13.5. The monoisotopic (exact) mass is 429 g/mol. The van der Waals surface area contributed by atoms with Crippen LogP contribution in [0, 0.1) is 0 Å². The number of nitrogens with one attached hydrogen (secondary N) is 1. The van der Waals surface area contributed by atoms with Crippen LogP contribution >= 0.6 is 0 Å². The predicted octanol–water partition coefficient (Wildman–Crippen LogP) is 2.66. The summed E-state index contributed by atoms with van der Waals surface area (Å²) >= 11 is 0. The highest BCUT2D eigenvalue weighted by atomic mass is 32.2. The van der Waals surface area contributed by atoms with Gasteiger partial charge in [-0.25, -0.2) is 17.9 Å². The smallest absolute Gasteiger partial charge is 0.416 e. The first-order valence-corrected chi connectivity index (χ1v) is 10.2. The standard InChI is InChI=1S/C19H18F3NO5S/c20-19(21,22)12-4-7-14(8-5-12)29(27,28)23-13-6-9-15-11(10-13)2-1-3-16(15)17(24)18(25)26/h1-5,7-8,13,17,23-24H,6,9-10H2,(H,25,26). The molecule has 29 heavy (non-hydrogen) atoms. The summed E-state index contributed by atoms with van der Waals surface area (Å²) in [7, 11) is -4.03. The number of rotatable bonds is 5. The molecule has 2 unspecified atom stereocenters. The molecule has 1 aliphatic rings. The van der Waals surface area contributed by atoms with Crippen molar-refractivity contribution in [1.82, 2.24) is 4.72 Å². The van der Waals surface area contributed by atoms with E-state index in [2.05, 4.69) is 4.72 Å². The minimum Gasteiger partial charge on any atom is -0.479 e. The number of fused-ring (bicyclic) bond motifs is 1. The van der Waals surface area contributed by atoms with Gasteiger partial charge >= 0.3 is 12.1 Å². The summed E-state index contributed by atoms with van der Waals surface area (Å²) in [6.07, 6.45) is -5.23. The number of benzene rings is 2. The molecule has 0 bridgehead atoms. The number of aliphatic hydroxyl groups is 1. The second-order valence-corrected chi connectivity index (χ2v) is 8.52. The molecule has 0 heterocycles. The molecular weight excluding hydrogens is 411 g/mol. The zero-order valence-corrected chi connectivity index (χ0v) is 15.8. The SMILES string of the molecule is O=C(O)C(O)c1cccc2c1CCC(NS(=O)(=O)c1ccc(C(F)(F)F)cc1)C2. The van der Waals surface area contributed by atoms with Crippen LogP contribution in [0.2, 0.25) is 0 Å². The average molecular weight is 429 g/mol. The molecule has 2 aromatic rings. The van der Waals surface area contributed by atoms with E-state index in [4.69, 9.17) is 5.11 Å². The Hall–Kier alpha value is -2.43. The fourth-order valence-electron chi connectivity index (χ4n) is 3.44. The number of carboxylic acids is 1. The minimum absolute atomic E-state index is 0.272. The minimum atomic E-state index is -4.55. The number of sulfonamides is 1. The molecule has 0 saturated heterocycles. The Labute approximate surface area is 165 Å². The van der Waals surface area contributed by atoms with E-state index in [0.29, 0.717) is 36.1 Å². The summed E-state index contributed by atoms with van der Waals surface area (Å²) in [5, 5.41) is 18.9. The molecule has 6 nitrogen and oxygen atoms in total. The number of aliphatic hydroxyl groups excluding tert-OH is 1. The van der Waals surface area contributed by atoms with Crippen molar-refractivity contribution >= 4 is 16.0 Å². The summed E-state index contributed by atoms with van der Waals surface area (Å²) in [6, 6.07) is 7.57. The Morgan fingerprint density at radius 2 is 1.79 bits per heavy atom. The van der Waals surface area contributed by atoms with Crippen molar-refractivity contribution in [3.63, 3.8) is 0 Å². The molecular formula is C19H18F3NO5S. The van der Waals surface area contributed by atoms with Crippen LogP contribution in [0.5, 0.6) is 0 Å². The van der Waals surface area contributed by atoms with Gasteiger partial charge in [-0.15, -0.1) is 0 Å². The number of aliphatic carboxylic acids is 1. The number of carbonyl (C=O) groups is 1. The van der Waals surface area contributed by atoms with Gasteiger partial charge in [0.05, 0.1) is 10.5 Å². The van der Waals surface area contributed by atoms with E-state index in [0.717, 1.165) is 12.1 Å². The van der Waals surface area contributed by atoms with Crippen LogP contribution in [-0.2, 0) is 33.8 Å². The number of halogens is 3. The molecule has 10 heteroatoms. The number of alkyl halides is 3. The number of hydrogen-bond donors (Lipinski definition) is 3. The molecule has 0 aromatic heterocycles. The molecule has 0 spiro atoms. The summed E-state index contributed by atoms with van der Waals surface area (Å²) in [5.74, 6) is -1.37. The number of carboxylic acid groups (broad SMARTS) is 1. The van der Waals surface area contributed by atoms with Crippen molar-refractivity contribution in [2.24, 2.45) is 0 Å². The maximum atomic E-state index is 12.6. The van der Waals surface area contributed by atoms with Gasteiger partial charge in [-0.1, -0.05) is 18.2 Å². The van der Waals surface area contributed by atoms with Crippen LogP contribution in [0.1, 0.15) is 34.8 Å². The highest BCUT2D eigenvalue weighted by Gasteiger charge is 2.32. The van der Waals surface area contributed by atoms with Crippen molar-refractivity contribution in [3.05, 3.63) is 64.7 Å². The fraction of sp³-hybridized carbons (Fsp3) is 0.316. The Morgan fingerprint density at radius 1 is 1.14 bits per heavy atom. The third-order valence-corrected chi connectivity index (χ3v) is 6.40. The Morgan fingerprint density at radius 3 is 2.38 bits per heavy atom. The van der Waals surface area contributed by atoms with Gasteiger partial charge in [-0.2, -0.15) is 13.2 Å². The largest absolute Gasteiger partial charge is 0.479 e. The second-order valence-electron chi connectivity index (χ2n) is 6.81. The Bertz CT molecular complexity index is 1020.